The van der Waals surface area contributed by atoms with Gasteiger partial charge in [-0.25, -0.2) is 0 Å². The Kier molecular flexibility index (Phi) is 6.49. The molecule has 2 aromatic rings. The van der Waals surface area contributed by atoms with Gasteiger partial charge in [0.2, 0.25) is 0 Å². The zero-order chi connectivity index (χ0) is 14.9. The fraction of sp³-hybridized carbons (Fsp3) is 0.333. The van der Waals surface area contributed by atoms with Crippen LogP contribution in [0.2, 0.25) is 0 Å². The molecule has 1 N–H and O–H groups in total. The first kappa shape index (κ1) is 15.8. The monoisotopic (exact) mass is 299 g/mol. The van der Waals surface area contributed by atoms with Crippen LogP contribution in [-0.4, -0.2) is 23.2 Å². The van der Waals surface area contributed by atoms with Crippen molar-refractivity contribution >= 4 is 11.3 Å². The number of hydrogen-bond donors (Lipinski definition) is 1. The third-order valence-electron chi connectivity index (χ3n) is 3.27. The number of thiophene rings is 1. The summed E-state index contributed by atoms with van der Waals surface area (Å²) < 4.78 is 0. The van der Waals surface area contributed by atoms with Crippen LogP contribution in [0.3, 0.4) is 0 Å². The van der Waals surface area contributed by atoms with E-state index in [1.54, 1.807) is 11.3 Å². The molecule has 0 fully saturated rings. The standard InChI is InChI=1S/C18H21NOS/c1-2-19(14-16-8-4-3-5-9-16)15-18-17(11-13-21-18)10-6-7-12-20/h3-5,8-9,11,13,20H,2,7,12,14-15H2,1H3. The molecule has 0 amide bonds. The van der Waals surface area contributed by atoms with Gasteiger partial charge in [-0.1, -0.05) is 49.1 Å². The molecule has 0 aliphatic carbocycles. The molecule has 2 rings (SSSR count). The largest absolute Gasteiger partial charge is 0.395 e. The predicted molar refractivity (Wildman–Crippen MR) is 89.1 cm³/mol. The van der Waals surface area contributed by atoms with E-state index in [4.69, 9.17) is 5.11 Å². The molecule has 0 unspecified atom stereocenters. The zero-order valence-corrected chi connectivity index (χ0v) is 13.2. The second-order valence-corrected chi connectivity index (χ2v) is 5.82. The summed E-state index contributed by atoms with van der Waals surface area (Å²) in [7, 11) is 0. The molecule has 110 valence electrons. The maximum atomic E-state index is 8.80. The normalized spacial score (nSPS) is 10.4. The summed E-state index contributed by atoms with van der Waals surface area (Å²) in [4.78, 5) is 3.72. The van der Waals surface area contributed by atoms with E-state index in [-0.39, 0.29) is 6.61 Å². The van der Waals surface area contributed by atoms with Gasteiger partial charge in [0.25, 0.3) is 0 Å². The second-order valence-electron chi connectivity index (χ2n) is 4.82. The molecule has 0 saturated carbocycles. The van der Waals surface area contributed by atoms with E-state index in [1.807, 2.05) is 6.07 Å². The number of rotatable bonds is 6. The van der Waals surface area contributed by atoms with E-state index in [0.29, 0.717) is 6.42 Å². The van der Waals surface area contributed by atoms with Gasteiger partial charge in [0.15, 0.2) is 0 Å². The Balaban J connectivity index is 2.02. The van der Waals surface area contributed by atoms with Gasteiger partial charge in [0, 0.05) is 30.0 Å². The number of aliphatic hydroxyl groups excluding tert-OH is 1. The Hall–Kier alpha value is -1.60. The molecule has 0 radical (unpaired) electrons. The minimum atomic E-state index is 0.127. The average molecular weight is 299 g/mol. The van der Waals surface area contributed by atoms with Gasteiger partial charge in [0.1, 0.15) is 0 Å². The van der Waals surface area contributed by atoms with E-state index in [9.17, 15) is 0 Å². The summed E-state index contributed by atoms with van der Waals surface area (Å²) in [6.45, 7) is 5.20. The Labute approximate surface area is 131 Å². The summed E-state index contributed by atoms with van der Waals surface area (Å²) in [6, 6.07) is 12.6. The minimum absolute atomic E-state index is 0.127. The highest BCUT2D eigenvalue weighted by Gasteiger charge is 2.08. The number of nitrogens with zero attached hydrogens (tertiary/aromatic N) is 1. The van der Waals surface area contributed by atoms with Crippen molar-refractivity contribution in [1.29, 1.82) is 0 Å². The van der Waals surface area contributed by atoms with Crippen molar-refractivity contribution in [1.82, 2.24) is 4.90 Å². The molecule has 0 spiro atoms. The second kappa shape index (κ2) is 8.63. The molecule has 1 aromatic heterocycles. The van der Waals surface area contributed by atoms with Crippen LogP contribution in [0.1, 0.15) is 29.3 Å². The fourth-order valence-electron chi connectivity index (χ4n) is 2.11. The summed E-state index contributed by atoms with van der Waals surface area (Å²) in [5, 5.41) is 10.9. The van der Waals surface area contributed by atoms with Crippen LogP contribution >= 0.6 is 11.3 Å². The molecule has 1 heterocycles. The Morgan fingerprint density at radius 3 is 2.67 bits per heavy atom. The van der Waals surface area contributed by atoms with Crippen molar-refractivity contribution in [2.24, 2.45) is 0 Å². The van der Waals surface area contributed by atoms with Crippen LogP contribution in [0.4, 0.5) is 0 Å². The first-order chi connectivity index (χ1) is 10.3. The molecule has 3 heteroatoms. The fourth-order valence-corrected chi connectivity index (χ4v) is 2.98. The lowest BCUT2D eigenvalue weighted by Gasteiger charge is -2.20. The van der Waals surface area contributed by atoms with Gasteiger partial charge in [-0.3, -0.25) is 4.90 Å². The lowest BCUT2D eigenvalue weighted by molar-refractivity contribution is 0.273. The van der Waals surface area contributed by atoms with E-state index >= 15 is 0 Å². The summed E-state index contributed by atoms with van der Waals surface area (Å²) in [6.07, 6.45) is 0.538. The first-order valence-electron chi connectivity index (χ1n) is 7.26. The number of benzene rings is 1. The van der Waals surface area contributed by atoms with Gasteiger partial charge in [0.05, 0.1) is 6.61 Å². The molecule has 2 nitrogen and oxygen atoms in total. The SMILES string of the molecule is CCN(Cc1ccccc1)Cc1sccc1C#CCCO. The number of hydrogen-bond acceptors (Lipinski definition) is 3. The predicted octanol–water partition coefficient (Wildman–Crippen LogP) is 3.50. The molecule has 21 heavy (non-hydrogen) atoms. The maximum Gasteiger partial charge on any atom is 0.0540 e. The van der Waals surface area contributed by atoms with Gasteiger partial charge >= 0.3 is 0 Å². The van der Waals surface area contributed by atoms with Crippen molar-refractivity contribution < 1.29 is 5.11 Å². The van der Waals surface area contributed by atoms with Gasteiger partial charge in [-0.2, -0.15) is 0 Å². The van der Waals surface area contributed by atoms with Crippen molar-refractivity contribution in [3.8, 4) is 11.8 Å². The quantitative estimate of drug-likeness (QED) is 0.825. The molecule has 0 aliphatic rings. The minimum Gasteiger partial charge on any atom is -0.395 e. The van der Waals surface area contributed by atoms with Crippen LogP contribution < -0.4 is 0 Å². The van der Waals surface area contributed by atoms with Gasteiger partial charge in [-0.05, 0) is 23.6 Å². The van der Waals surface area contributed by atoms with Crippen LogP contribution in [0.5, 0.6) is 0 Å². The van der Waals surface area contributed by atoms with Gasteiger partial charge < -0.3 is 5.11 Å². The highest BCUT2D eigenvalue weighted by Crippen LogP contribution is 2.19. The smallest absolute Gasteiger partial charge is 0.0540 e. The molecule has 0 bridgehead atoms. The summed E-state index contributed by atoms with van der Waals surface area (Å²) >= 11 is 1.76. The van der Waals surface area contributed by atoms with Crippen molar-refractivity contribution in [3.63, 3.8) is 0 Å². The molecular weight excluding hydrogens is 278 g/mol. The first-order valence-corrected chi connectivity index (χ1v) is 8.13. The Morgan fingerprint density at radius 2 is 1.95 bits per heavy atom. The lowest BCUT2D eigenvalue weighted by Crippen LogP contribution is -2.22. The van der Waals surface area contributed by atoms with E-state index in [1.165, 1.54) is 10.4 Å². The van der Waals surface area contributed by atoms with Crippen molar-refractivity contribution in [2.45, 2.75) is 26.4 Å². The third-order valence-corrected chi connectivity index (χ3v) is 4.17. The number of aliphatic hydroxyl groups is 1. The van der Waals surface area contributed by atoms with E-state index in [0.717, 1.165) is 25.2 Å². The topological polar surface area (TPSA) is 23.5 Å². The zero-order valence-electron chi connectivity index (χ0n) is 12.4. The van der Waals surface area contributed by atoms with Crippen molar-refractivity contribution in [2.75, 3.05) is 13.2 Å². The van der Waals surface area contributed by atoms with E-state index < -0.39 is 0 Å². The summed E-state index contributed by atoms with van der Waals surface area (Å²) in [5.74, 6) is 6.17. The molecule has 1 aromatic carbocycles. The highest BCUT2D eigenvalue weighted by molar-refractivity contribution is 7.10. The summed E-state index contributed by atoms with van der Waals surface area (Å²) in [5.41, 5.74) is 2.43. The molecule has 0 atom stereocenters. The molecular formula is C18H21NOS. The maximum absolute atomic E-state index is 8.80. The van der Waals surface area contributed by atoms with Crippen molar-refractivity contribution in [3.05, 3.63) is 57.8 Å². The van der Waals surface area contributed by atoms with E-state index in [2.05, 4.69) is 59.4 Å². The Bertz CT molecular complexity index is 594. The third kappa shape index (κ3) is 5.02. The molecule has 0 saturated heterocycles. The molecule has 0 aliphatic heterocycles. The van der Waals surface area contributed by atoms with Gasteiger partial charge in [-0.15, -0.1) is 11.3 Å². The van der Waals surface area contributed by atoms with Crippen LogP contribution in [-0.2, 0) is 13.1 Å². The Morgan fingerprint density at radius 1 is 1.14 bits per heavy atom. The lowest BCUT2D eigenvalue weighted by atomic mass is 10.2. The average Bonchev–Trinajstić information content (AvgIpc) is 2.95. The van der Waals surface area contributed by atoms with Crippen LogP contribution in [0, 0.1) is 11.8 Å². The van der Waals surface area contributed by atoms with Crippen LogP contribution in [0.15, 0.2) is 41.8 Å². The highest BCUT2D eigenvalue weighted by atomic mass is 32.1. The van der Waals surface area contributed by atoms with Crippen LogP contribution in [0.25, 0.3) is 0 Å².